The molecule has 4 nitrogen and oxygen atoms in total. The normalized spacial score (nSPS) is 23.2. The van der Waals surface area contributed by atoms with Crippen molar-refractivity contribution in [1.29, 1.82) is 0 Å². The molecular formula is C25H42O4. The van der Waals surface area contributed by atoms with Crippen LogP contribution in [-0.2, 0) is 9.47 Å². The maximum atomic E-state index is 10.5. The van der Waals surface area contributed by atoms with Crippen LogP contribution >= 0.6 is 0 Å². The summed E-state index contributed by atoms with van der Waals surface area (Å²) in [6.45, 7) is 2.46. The summed E-state index contributed by atoms with van der Waals surface area (Å²) in [5.74, 6) is 0. The number of ether oxygens (including phenoxy) is 2. The van der Waals surface area contributed by atoms with Crippen molar-refractivity contribution in [3.8, 4) is 0 Å². The minimum Gasteiger partial charge on any atom is -0.390 e. The summed E-state index contributed by atoms with van der Waals surface area (Å²) in [7, 11) is 0. The first-order chi connectivity index (χ1) is 14.2. The molecule has 1 aromatic carbocycles. The minimum absolute atomic E-state index is 0.194. The van der Waals surface area contributed by atoms with Crippen molar-refractivity contribution in [2.45, 2.75) is 115 Å². The number of hydrogen-bond acceptors (Lipinski definition) is 4. The van der Waals surface area contributed by atoms with Crippen LogP contribution in [0.15, 0.2) is 30.3 Å². The predicted octanol–water partition coefficient (Wildman–Crippen LogP) is 5.91. The van der Waals surface area contributed by atoms with Crippen molar-refractivity contribution in [3.05, 3.63) is 35.9 Å². The molecule has 0 spiro atoms. The van der Waals surface area contributed by atoms with Gasteiger partial charge in [0.1, 0.15) is 12.2 Å². The Kier molecular flexibility index (Phi) is 12.5. The van der Waals surface area contributed by atoms with Crippen molar-refractivity contribution >= 4 is 0 Å². The molecule has 166 valence electrons. The standard InChI is InChI=1S/C25H42O4/c1-2-3-4-5-6-7-8-9-10-11-12-16-19-22(26)24-23(27)20-28-25(29-24)21-17-14-13-15-18-21/h13-15,17-18,22-27H,2-12,16,19-20H2,1H3/t22-,23+,24+,25-/m0/s1. The lowest BCUT2D eigenvalue weighted by atomic mass is 9.99. The maximum absolute atomic E-state index is 10.5. The second-order valence-electron chi connectivity index (χ2n) is 8.49. The topological polar surface area (TPSA) is 58.9 Å². The lowest BCUT2D eigenvalue weighted by Crippen LogP contribution is -2.47. The molecule has 0 unspecified atom stereocenters. The molecule has 1 saturated heterocycles. The van der Waals surface area contributed by atoms with Gasteiger partial charge in [0, 0.05) is 5.56 Å². The molecule has 0 bridgehead atoms. The maximum Gasteiger partial charge on any atom is 0.184 e. The second-order valence-corrected chi connectivity index (χ2v) is 8.49. The van der Waals surface area contributed by atoms with Gasteiger partial charge >= 0.3 is 0 Å². The summed E-state index contributed by atoms with van der Waals surface area (Å²) in [6, 6.07) is 9.70. The van der Waals surface area contributed by atoms with Crippen LogP contribution in [0.4, 0.5) is 0 Å². The molecule has 1 aliphatic rings. The summed E-state index contributed by atoms with van der Waals surface area (Å²) < 4.78 is 11.5. The summed E-state index contributed by atoms with van der Waals surface area (Å²) in [5, 5.41) is 20.7. The van der Waals surface area contributed by atoms with Gasteiger partial charge in [0.05, 0.1) is 12.7 Å². The highest BCUT2D eigenvalue weighted by Gasteiger charge is 2.35. The van der Waals surface area contributed by atoms with E-state index in [-0.39, 0.29) is 6.61 Å². The van der Waals surface area contributed by atoms with Crippen LogP contribution < -0.4 is 0 Å². The number of rotatable bonds is 15. The third-order valence-electron chi connectivity index (χ3n) is 5.88. The molecule has 1 fully saturated rings. The minimum atomic E-state index is -0.776. The zero-order chi connectivity index (χ0) is 20.7. The van der Waals surface area contributed by atoms with E-state index >= 15 is 0 Å². The average Bonchev–Trinajstić information content (AvgIpc) is 2.75. The van der Waals surface area contributed by atoms with Gasteiger partial charge in [0.25, 0.3) is 0 Å². The van der Waals surface area contributed by atoms with Gasteiger partial charge < -0.3 is 19.7 Å². The number of hydrogen-bond donors (Lipinski definition) is 2. The molecular weight excluding hydrogens is 364 g/mol. The molecule has 0 aliphatic carbocycles. The van der Waals surface area contributed by atoms with Gasteiger partial charge in [0.15, 0.2) is 6.29 Å². The zero-order valence-electron chi connectivity index (χ0n) is 18.3. The number of unbranched alkanes of at least 4 members (excludes halogenated alkanes) is 11. The first-order valence-corrected chi connectivity index (χ1v) is 11.9. The first-order valence-electron chi connectivity index (χ1n) is 11.9. The van der Waals surface area contributed by atoms with Crippen molar-refractivity contribution in [3.63, 3.8) is 0 Å². The third kappa shape index (κ3) is 9.61. The van der Waals surface area contributed by atoms with Gasteiger partial charge in [-0.3, -0.25) is 0 Å². The Morgan fingerprint density at radius 2 is 1.41 bits per heavy atom. The van der Waals surface area contributed by atoms with Crippen molar-refractivity contribution in [2.75, 3.05) is 6.61 Å². The number of aliphatic hydroxyl groups excluding tert-OH is 2. The SMILES string of the molecule is CCCCCCCCCCCCCC[C@H](O)[C@H]1O[C@@H](c2ccccc2)OC[C@H]1O. The number of aliphatic hydroxyl groups is 2. The van der Waals surface area contributed by atoms with E-state index < -0.39 is 24.6 Å². The van der Waals surface area contributed by atoms with Crippen LogP contribution in [0.2, 0.25) is 0 Å². The average molecular weight is 407 g/mol. The van der Waals surface area contributed by atoms with Crippen molar-refractivity contribution in [2.24, 2.45) is 0 Å². The highest BCUT2D eigenvalue weighted by molar-refractivity contribution is 5.16. The first kappa shape index (κ1) is 24.3. The smallest absolute Gasteiger partial charge is 0.184 e. The van der Waals surface area contributed by atoms with Crippen LogP contribution in [-0.4, -0.2) is 35.1 Å². The monoisotopic (exact) mass is 406 g/mol. The van der Waals surface area contributed by atoms with E-state index in [1.807, 2.05) is 30.3 Å². The molecule has 2 rings (SSSR count). The Hall–Kier alpha value is -0.940. The van der Waals surface area contributed by atoms with E-state index in [0.29, 0.717) is 6.42 Å². The fourth-order valence-electron chi connectivity index (χ4n) is 4.04. The van der Waals surface area contributed by atoms with Crippen LogP contribution in [0.5, 0.6) is 0 Å². The Balaban J connectivity index is 1.52. The van der Waals surface area contributed by atoms with Gasteiger partial charge in [-0.2, -0.15) is 0 Å². The summed E-state index contributed by atoms with van der Waals surface area (Å²) in [5.41, 5.74) is 0.918. The second kappa shape index (κ2) is 15.0. The molecule has 1 aromatic rings. The fourth-order valence-corrected chi connectivity index (χ4v) is 4.04. The van der Waals surface area contributed by atoms with Gasteiger partial charge in [-0.25, -0.2) is 0 Å². The van der Waals surface area contributed by atoms with Crippen LogP contribution in [0.3, 0.4) is 0 Å². The molecule has 0 radical (unpaired) electrons. The van der Waals surface area contributed by atoms with E-state index in [1.54, 1.807) is 0 Å². The van der Waals surface area contributed by atoms with Crippen LogP contribution in [0.1, 0.15) is 102 Å². The van der Waals surface area contributed by atoms with E-state index in [1.165, 1.54) is 64.2 Å². The zero-order valence-corrected chi connectivity index (χ0v) is 18.3. The molecule has 1 heterocycles. The van der Waals surface area contributed by atoms with E-state index in [2.05, 4.69) is 6.92 Å². The van der Waals surface area contributed by atoms with Gasteiger partial charge in [0.2, 0.25) is 0 Å². The van der Waals surface area contributed by atoms with E-state index in [4.69, 9.17) is 9.47 Å². The molecule has 4 atom stereocenters. The Labute approximate surface area is 177 Å². The Bertz CT molecular complexity index is 507. The van der Waals surface area contributed by atoms with E-state index in [0.717, 1.165) is 18.4 Å². The largest absolute Gasteiger partial charge is 0.390 e. The van der Waals surface area contributed by atoms with Gasteiger partial charge in [-0.1, -0.05) is 114 Å². The van der Waals surface area contributed by atoms with Crippen molar-refractivity contribution < 1.29 is 19.7 Å². The van der Waals surface area contributed by atoms with Gasteiger partial charge in [-0.15, -0.1) is 0 Å². The molecule has 0 amide bonds. The highest BCUT2D eigenvalue weighted by atomic mass is 16.7. The summed E-state index contributed by atoms with van der Waals surface area (Å²) in [6.07, 6.45) is 13.7. The molecule has 4 heteroatoms. The molecule has 0 aromatic heterocycles. The summed E-state index contributed by atoms with van der Waals surface area (Å²) >= 11 is 0. The molecule has 2 N–H and O–H groups in total. The van der Waals surface area contributed by atoms with Crippen LogP contribution in [0, 0.1) is 0 Å². The predicted molar refractivity (Wildman–Crippen MR) is 118 cm³/mol. The number of benzene rings is 1. The Morgan fingerprint density at radius 3 is 2.00 bits per heavy atom. The van der Waals surface area contributed by atoms with Crippen molar-refractivity contribution in [1.82, 2.24) is 0 Å². The molecule has 1 aliphatic heterocycles. The lowest BCUT2D eigenvalue weighted by Gasteiger charge is -2.36. The van der Waals surface area contributed by atoms with Crippen LogP contribution in [0.25, 0.3) is 0 Å². The molecule has 29 heavy (non-hydrogen) atoms. The molecule has 0 saturated carbocycles. The Morgan fingerprint density at radius 1 is 0.862 bits per heavy atom. The summed E-state index contributed by atoms with van der Waals surface area (Å²) in [4.78, 5) is 0. The fraction of sp³-hybridized carbons (Fsp3) is 0.760. The third-order valence-corrected chi connectivity index (χ3v) is 5.88. The lowest BCUT2D eigenvalue weighted by molar-refractivity contribution is -0.276. The quantitative estimate of drug-likeness (QED) is 0.355. The highest BCUT2D eigenvalue weighted by Crippen LogP contribution is 2.29. The van der Waals surface area contributed by atoms with E-state index in [9.17, 15) is 10.2 Å². The van der Waals surface area contributed by atoms with Gasteiger partial charge in [-0.05, 0) is 6.42 Å².